The fourth-order valence-electron chi connectivity index (χ4n) is 2.12. The Morgan fingerprint density at radius 3 is 2.90 bits per heavy atom. The molecule has 0 radical (unpaired) electrons. The average molecular weight is 289 g/mol. The molecule has 1 aromatic heterocycles. The Kier molecular flexibility index (Phi) is 5.68. The largest absolute Gasteiger partial charge is 0.316 e. The second-order valence-corrected chi connectivity index (χ2v) is 6.11. The lowest BCUT2D eigenvalue weighted by Crippen LogP contribution is -2.29. The summed E-state index contributed by atoms with van der Waals surface area (Å²) in [6.45, 7) is 5.18. The number of aromatic nitrogens is 2. The lowest BCUT2D eigenvalue weighted by molar-refractivity contribution is 0.615. The molecule has 4 heteroatoms. The monoisotopic (exact) mass is 289 g/mol. The summed E-state index contributed by atoms with van der Waals surface area (Å²) in [5.41, 5.74) is 2.62. The molecule has 0 aliphatic heterocycles. The highest BCUT2D eigenvalue weighted by atomic mass is 32.2. The second kappa shape index (κ2) is 7.50. The molecule has 0 spiro atoms. The minimum absolute atomic E-state index is 0.468. The summed E-state index contributed by atoms with van der Waals surface area (Å²) in [6.07, 6.45) is 5.14. The number of hydrogen-bond donors (Lipinski definition) is 1. The van der Waals surface area contributed by atoms with Crippen LogP contribution in [0.4, 0.5) is 0 Å². The Balaban J connectivity index is 1.89. The number of hydrogen-bond acceptors (Lipinski definition) is 3. The predicted octanol–water partition coefficient (Wildman–Crippen LogP) is 3.13. The van der Waals surface area contributed by atoms with Crippen molar-refractivity contribution in [3.05, 3.63) is 47.8 Å². The van der Waals surface area contributed by atoms with Gasteiger partial charge in [-0.15, -0.1) is 11.8 Å². The van der Waals surface area contributed by atoms with Crippen molar-refractivity contribution in [1.29, 1.82) is 0 Å². The zero-order valence-corrected chi connectivity index (χ0v) is 13.3. The maximum absolute atomic E-state index is 4.33. The van der Waals surface area contributed by atoms with Crippen LogP contribution in [0.15, 0.2) is 41.6 Å². The smallest absolute Gasteiger partial charge is 0.0522 e. The van der Waals surface area contributed by atoms with Crippen molar-refractivity contribution in [3.8, 4) is 0 Å². The van der Waals surface area contributed by atoms with Crippen molar-refractivity contribution in [2.24, 2.45) is 0 Å². The van der Waals surface area contributed by atoms with Crippen LogP contribution in [-0.2, 0) is 13.0 Å². The Morgan fingerprint density at radius 2 is 2.25 bits per heavy atom. The van der Waals surface area contributed by atoms with E-state index in [9.17, 15) is 0 Å². The van der Waals surface area contributed by atoms with E-state index in [-0.39, 0.29) is 0 Å². The summed E-state index contributed by atoms with van der Waals surface area (Å²) < 4.78 is 1.98. The third kappa shape index (κ3) is 4.39. The summed E-state index contributed by atoms with van der Waals surface area (Å²) in [5.74, 6) is 1.07. The molecule has 108 valence electrons. The average Bonchev–Trinajstić information content (AvgIpc) is 2.91. The maximum atomic E-state index is 4.33. The Bertz CT molecular complexity index is 536. The van der Waals surface area contributed by atoms with E-state index >= 15 is 0 Å². The van der Waals surface area contributed by atoms with Crippen LogP contribution >= 0.6 is 11.8 Å². The van der Waals surface area contributed by atoms with Gasteiger partial charge in [0.15, 0.2) is 0 Å². The van der Waals surface area contributed by atoms with Gasteiger partial charge >= 0.3 is 0 Å². The van der Waals surface area contributed by atoms with Crippen LogP contribution < -0.4 is 5.32 Å². The van der Waals surface area contributed by atoms with E-state index < -0.39 is 0 Å². The first kappa shape index (κ1) is 15.1. The molecule has 1 unspecified atom stereocenters. The van der Waals surface area contributed by atoms with E-state index in [2.05, 4.69) is 54.7 Å². The predicted molar refractivity (Wildman–Crippen MR) is 86.4 cm³/mol. The number of thioether (sulfide) groups is 1. The van der Waals surface area contributed by atoms with E-state index in [0.717, 1.165) is 18.7 Å². The fraction of sp³-hybridized carbons (Fsp3) is 0.438. The van der Waals surface area contributed by atoms with Gasteiger partial charge in [0.25, 0.3) is 0 Å². The number of nitrogens with one attached hydrogen (secondary N) is 1. The van der Waals surface area contributed by atoms with Gasteiger partial charge in [0.05, 0.1) is 6.20 Å². The molecule has 0 aliphatic carbocycles. The van der Waals surface area contributed by atoms with Crippen LogP contribution in [0.2, 0.25) is 0 Å². The molecule has 0 bridgehead atoms. The fourth-order valence-corrected chi connectivity index (χ4v) is 3.24. The molecule has 1 atom stereocenters. The van der Waals surface area contributed by atoms with Gasteiger partial charge in [-0.05, 0) is 45.0 Å². The van der Waals surface area contributed by atoms with Crippen LogP contribution in [0.5, 0.6) is 0 Å². The lowest BCUT2D eigenvalue weighted by atomic mass is 10.1. The normalized spacial score (nSPS) is 12.6. The van der Waals surface area contributed by atoms with E-state index in [1.54, 1.807) is 0 Å². The van der Waals surface area contributed by atoms with Crippen molar-refractivity contribution < 1.29 is 0 Å². The standard InChI is InChI=1S/C16H23N3S/c1-4-19-11-14(10-18-19)9-15(17-3)12-20-16-7-5-6-13(2)8-16/h5-8,10-11,15,17H,4,9,12H2,1-3H3. The molecular weight excluding hydrogens is 266 g/mol. The van der Waals surface area contributed by atoms with Crippen LogP contribution in [0.25, 0.3) is 0 Å². The topological polar surface area (TPSA) is 29.9 Å². The van der Waals surface area contributed by atoms with Gasteiger partial charge < -0.3 is 5.32 Å². The third-order valence-electron chi connectivity index (χ3n) is 3.34. The van der Waals surface area contributed by atoms with Gasteiger partial charge in [-0.2, -0.15) is 5.10 Å². The summed E-state index contributed by atoms with van der Waals surface area (Å²) >= 11 is 1.91. The summed E-state index contributed by atoms with van der Waals surface area (Å²) in [4.78, 5) is 1.34. The number of aryl methyl sites for hydroxylation is 2. The minimum Gasteiger partial charge on any atom is -0.316 e. The molecule has 1 heterocycles. The summed E-state index contributed by atoms with van der Waals surface area (Å²) in [7, 11) is 2.03. The van der Waals surface area contributed by atoms with Crippen molar-refractivity contribution in [3.63, 3.8) is 0 Å². The summed E-state index contributed by atoms with van der Waals surface area (Å²) in [5, 5.41) is 7.74. The molecule has 0 aliphatic rings. The van der Waals surface area contributed by atoms with Gasteiger partial charge in [-0.3, -0.25) is 4.68 Å². The highest BCUT2D eigenvalue weighted by molar-refractivity contribution is 7.99. The van der Waals surface area contributed by atoms with Crippen molar-refractivity contribution >= 4 is 11.8 Å². The summed E-state index contributed by atoms with van der Waals surface area (Å²) in [6, 6.07) is 9.15. The quantitative estimate of drug-likeness (QED) is 0.794. The van der Waals surface area contributed by atoms with Gasteiger partial charge in [0.1, 0.15) is 0 Å². The molecule has 1 aromatic carbocycles. The first-order valence-corrected chi connectivity index (χ1v) is 8.08. The zero-order chi connectivity index (χ0) is 14.4. The first-order valence-electron chi connectivity index (χ1n) is 7.09. The van der Waals surface area contributed by atoms with Gasteiger partial charge in [-0.25, -0.2) is 0 Å². The molecule has 20 heavy (non-hydrogen) atoms. The minimum atomic E-state index is 0.468. The highest BCUT2D eigenvalue weighted by Crippen LogP contribution is 2.20. The highest BCUT2D eigenvalue weighted by Gasteiger charge is 2.09. The molecule has 0 saturated carbocycles. The zero-order valence-electron chi connectivity index (χ0n) is 12.5. The first-order chi connectivity index (χ1) is 9.71. The SMILES string of the molecule is CCn1cc(CC(CSc2cccc(C)c2)NC)cn1. The molecule has 2 rings (SSSR count). The Morgan fingerprint density at radius 1 is 1.40 bits per heavy atom. The molecule has 0 saturated heterocycles. The number of likely N-dealkylation sites (N-methyl/N-ethyl adjacent to an activating group) is 1. The maximum Gasteiger partial charge on any atom is 0.0522 e. The van der Waals surface area contributed by atoms with Crippen LogP contribution in [-0.4, -0.2) is 28.6 Å². The van der Waals surface area contributed by atoms with E-state index in [1.165, 1.54) is 16.0 Å². The lowest BCUT2D eigenvalue weighted by Gasteiger charge is -2.15. The molecule has 0 amide bonds. The van der Waals surface area contributed by atoms with Crippen LogP contribution in [0.1, 0.15) is 18.1 Å². The van der Waals surface area contributed by atoms with Crippen LogP contribution in [0, 0.1) is 6.92 Å². The molecule has 2 aromatic rings. The number of rotatable bonds is 7. The van der Waals surface area contributed by atoms with Crippen LogP contribution in [0.3, 0.4) is 0 Å². The molecular formula is C16H23N3S. The van der Waals surface area contributed by atoms with Crippen molar-refractivity contribution in [2.75, 3.05) is 12.8 Å². The van der Waals surface area contributed by atoms with Crippen molar-refractivity contribution in [1.82, 2.24) is 15.1 Å². The van der Waals surface area contributed by atoms with Crippen molar-refractivity contribution in [2.45, 2.75) is 37.8 Å². The van der Waals surface area contributed by atoms with Gasteiger partial charge in [-0.1, -0.05) is 17.7 Å². The second-order valence-electron chi connectivity index (χ2n) is 5.02. The van der Waals surface area contributed by atoms with E-state index in [4.69, 9.17) is 0 Å². The molecule has 0 fully saturated rings. The van der Waals surface area contributed by atoms with Gasteiger partial charge in [0, 0.05) is 29.4 Å². The van der Waals surface area contributed by atoms with E-state index in [0.29, 0.717) is 6.04 Å². The Labute approximate surface area is 125 Å². The van der Waals surface area contributed by atoms with E-state index in [1.807, 2.05) is 29.7 Å². The number of nitrogens with zero attached hydrogens (tertiary/aromatic N) is 2. The Hall–Kier alpha value is -1.26. The third-order valence-corrected chi connectivity index (χ3v) is 4.50. The number of benzene rings is 1. The van der Waals surface area contributed by atoms with Gasteiger partial charge in [0.2, 0.25) is 0 Å². The molecule has 1 N–H and O–H groups in total. The molecule has 3 nitrogen and oxygen atoms in total.